The van der Waals surface area contributed by atoms with Crippen molar-refractivity contribution in [1.29, 1.82) is 0 Å². The third-order valence-corrected chi connectivity index (χ3v) is 9.56. The molecule has 2 aliphatic rings. The van der Waals surface area contributed by atoms with Gasteiger partial charge in [-0.05, 0) is 71.7 Å². The number of nitrogens with zero attached hydrogens (tertiary/aromatic N) is 2. The molecule has 1 heterocycles. The topological polar surface area (TPSA) is 69.7 Å². The number of likely N-dealkylation sites (N-methyl/N-ethyl adjacent to an activating group) is 1. The van der Waals surface area contributed by atoms with E-state index < -0.39 is 10.0 Å². The fourth-order valence-electron chi connectivity index (χ4n) is 5.45. The first-order chi connectivity index (χ1) is 14.6. The Morgan fingerprint density at radius 2 is 1.61 bits per heavy atom. The standard InChI is InChI=1S/C24H39N3O3S/c1-18-15-19(2)22(20(3)16-18)31(29,30)27-13-9-21(10-14-27)23(28)25-17-24(26(4)5)11-7-6-8-12-24/h15-16,21H,6-14,17H2,1-5H3,(H,25,28). The van der Waals surface area contributed by atoms with Gasteiger partial charge in [0.1, 0.15) is 0 Å². The van der Waals surface area contributed by atoms with E-state index in [2.05, 4.69) is 24.3 Å². The number of amides is 1. The van der Waals surface area contributed by atoms with E-state index in [1.807, 2.05) is 32.9 Å². The van der Waals surface area contributed by atoms with Crippen LogP contribution in [0.1, 0.15) is 61.6 Å². The van der Waals surface area contributed by atoms with Gasteiger partial charge in [0.05, 0.1) is 4.90 Å². The molecule has 0 bridgehead atoms. The van der Waals surface area contributed by atoms with Crippen molar-refractivity contribution in [2.75, 3.05) is 33.7 Å². The van der Waals surface area contributed by atoms with E-state index in [1.54, 1.807) is 4.31 Å². The number of aryl methyl sites for hydroxylation is 3. The monoisotopic (exact) mass is 449 g/mol. The van der Waals surface area contributed by atoms with Crippen LogP contribution in [0, 0.1) is 26.7 Å². The van der Waals surface area contributed by atoms with E-state index in [1.165, 1.54) is 19.3 Å². The third kappa shape index (κ3) is 5.15. The molecule has 1 aliphatic heterocycles. The number of hydrogen-bond donors (Lipinski definition) is 1. The molecule has 6 nitrogen and oxygen atoms in total. The van der Waals surface area contributed by atoms with Gasteiger partial charge in [-0.1, -0.05) is 37.0 Å². The van der Waals surface area contributed by atoms with Crippen molar-refractivity contribution in [2.24, 2.45) is 5.92 Å². The number of piperidine rings is 1. The van der Waals surface area contributed by atoms with Crippen LogP contribution < -0.4 is 5.32 Å². The Kier molecular flexibility index (Phi) is 7.49. The molecule has 31 heavy (non-hydrogen) atoms. The van der Waals surface area contributed by atoms with Gasteiger partial charge in [0.25, 0.3) is 0 Å². The summed E-state index contributed by atoms with van der Waals surface area (Å²) in [5.74, 6) is -0.0407. The first-order valence-electron chi connectivity index (χ1n) is 11.6. The molecule has 3 rings (SSSR count). The van der Waals surface area contributed by atoms with Crippen LogP contribution >= 0.6 is 0 Å². The van der Waals surface area contributed by atoms with E-state index in [0.717, 1.165) is 29.5 Å². The Morgan fingerprint density at radius 3 is 2.13 bits per heavy atom. The summed E-state index contributed by atoms with van der Waals surface area (Å²) in [5, 5.41) is 3.21. The predicted octanol–water partition coefficient (Wildman–Crippen LogP) is 3.39. The van der Waals surface area contributed by atoms with Gasteiger partial charge in [-0.25, -0.2) is 8.42 Å². The molecule has 1 amide bonds. The highest BCUT2D eigenvalue weighted by Crippen LogP contribution is 2.32. The number of nitrogens with one attached hydrogen (secondary N) is 1. The molecule has 7 heteroatoms. The third-order valence-electron chi connectivity index (χ3n) is 7.35. The van der Waals surface area contributed by atoms with Crippen molar-refractivity contribution in [3.63, 3.8) is 0 Å². The fourth-order valence-corrected chi connectivity index (χ4v) is 7.33. The SMILES string of the molecule is Cc1cc(C)c(S(=O)(=O)N2CCC(C(=O)NCC3(N(C)C)CCCCC3)CC2)c(C)c1. The minimum Gasteiger partial charge on any atom is -0.354 e. The van der Waals surface area contributed by atoms with E-state index in [4.69, 9.17) is 0 Å². The zero-order valence-corrected chi connectivity index (χ0v) is 20.6. The van der Waals surface area contributed by atoms with Crippen LogP contribution in [0.3, 0.4) is 0 Å². The molecule has 0 aromatic heterocycles. The van der Waals surface area contributed by atoms with Crippen LogP contribution in [0.5, 0.6) is 0 Å². The van der Waals surface area contributed by atoms with Gasteiger partial charge in [-0.2, -0.15) is 4.31 Å². The lowest BCUT2D eigenvalue weighted by atomic mass is 9.80. The second-order valence-corrected chi connectivity index (χ2v) is 11.7. The molecule has 0 atom stereocenters. The number of rotatable bonds is 6. The van der Waals surface area contributed by atoms with Crippen molar-refractivity contribution in [3.8, 4) is 0 Å². The first kappa shape index (κ1) is 24.2. The van der Waals surface area contributed by atoms with E-state index >= 15 is 0 Å². The maximum atomic E-state index is 13.3. The maximum absolute atomic E-state index is 13.3. The fraction of sp³-hybridized carbons (Fsp3) is 0.708. The van der Waals surface area contributed by atoms with Gasteiger partial charge in [0.15, 0.2) is 0 Å². The minimum atomic E-state index is -3.54. The quantitative estimate of drug-likeness (QED) is 0.723. The van der Waals surface area contributed by atoms with Gasteiger partial charge in [-0.3, -0.25) is 4.79 Å². The number of sulfonamides is 1. The van der Waals surface area contributed by atoms with Crippen LogP contribution in [0.25, 0.3) is 0 Å². The number of benzene rings is 1. The summed E-state index contributed by atoms with van der Waals surface area (Å²) < 4.78 is 28.1. The normalized spacial score (nSPS) is 20.7. The Bertz CT molecular complexity index is 874. The van der Waals surface area contributed by atoms with Crippen LogP contribution in [-0.2, 0) is 14.8 Å². The maximum Gasteiger partial charge on any atom is 0.243 e. The Balaban J connectivity index is 1.61. The van der Waals surface area contributed by atoms with Crippen LogP contribution in [0.15, 0.2) is 17.0 Å². The van der Waals surface area contributed by atoms with Crippen LogP contribution in [-0.4, -0.2) is 62.8 Å². The Hall–Kier alpha value is -1.44. The van der Waals surface area contributed by atoms with Crippen molar-refractivity contribution in [3.05, 3.63) is 28.8 Å². The summed E-state index contributed by atoms with van der Waals surface area (Å²) in [6.45, 7) is 7.17. The van der Waals surface area contributed by atoms with Gasteiger partial charge in [0, 0.05) is 31.1 Å². The highest BCUT2D eigenvalue weighted by molar-refractivity contribution is 7.89. The van der Waals surface area contributed by atoms with Crippen molar-refractivity contribution >= 4 is 15.9 Å². The molecule has 0 radical (unpaired) electrons. The molecule has 1 aromatic rings. The van der Waals surface area contributed by atoms with Gasteiger partial charge >= 0.3 is 0 Å². The second-order valence-electron chi connectivity index (χ2n) is 9.80. The molecular formula is C24H39N3O3S. The summed E-state index contributed by atoms with van der Waals surface area (Å²) in [6.07, 6.45) is 7.08. The molecule has 174 valence electrons. The average Bonchev–Trinajstić information content (AvgIpc) is 2.71. The zero-order valence-electron chi connectivity index (χ0n) is 19.8. The van der Waals surface area contributed by atoms with Crippen LogP contribution in [0.4, 0.5) is 0 Å². The summed E-state index contributed by atoms with van der Waals surface area (Å²) in [7, 11) is 0.669. The lowest BCUT2D eigenvalue weighted by Crippen LogP contribution is -2.55. The summed E-state index contributed by atoms with van der Waals surface area (Å²) in [4.78, 5) is 15.6. The van der Waals surface area contributed by atoms with Crippen LogP contribution in [0.2, 0.25) is 0 Å². The minimum absolute atomic E-state index is 0.0540. The molecule has 0 unspecified atom stereocenters. The molecule has 1 aliphatic carbocycles. The summed E-state index contributed by atoms with van der Waals surface area (Å²) in [6, 6.07) is 3.85. The first-order valence-corrected chi connectivity index (χ1v) is 13.0. The zero-order chi connectivity index (χ0) is 22.8. The molecule has 2 fully saturated rings. The lowest BCUT2D eigenvalue weighted by Gasteiger charge is -2.43. The summed E-state index contributed by atoms with van der Waals surface area (Å²) in [5.41, 5.74) is 2.70. The molecule has 0 spiro atoms. The van der Waals surface area contributed by atoms with E-state index in [9.17, 15) is 13.2 Å². The predicted molar refractivity (Wildman–Crippen MR) is 125 cm³/mol. The van der Waals surface area contributed by atoms with Gasteiger partial charge in [0.2, 0.25) is 15.9 Å². The van der Waals surface area contributed by atoms with Crippen molar-refractivity contribution < 1.29 is 13.2 Å². The highest BCUT2D eigenvalue weighted by atomic mass is 32.2. The smallest absolute Gasteiger partial charge is 0.243 e. The molecule has 1 aromatic carbocycles. The summed E-state index contributed by atoms with van der Waals surface area (Å²) >= 11 is 0. The number of carbonyl (C=O) groups excluding carboxylic acids is 1. The lowest BCUT2D eigenvalue weighted by molar-refractivity contribution is -0.126. The molecule has 1 saturated carbocycles. The van der Waals surface area contributed by atoms with Crippen molar-refractivity contribution in [2.45, 2.75) is 76.2 Å². The largest absolute Gasteiger partial charge is 0.354 e. The average molecular weight is 450 g/mol. The van der Waals surface area contributed by atoms with Crippen molar-refractivity contribution in [1.82, 2.24) is 14.5 Å². The number of carbonyl (C=O) groups is 1. The van der Waals surface area contributed by atoms with Gasteiger partial charge in [-0.15, -0.1) is 0 Å². The number of hydrogen-bond acceptors (Lipinski definition) is 4. The molecular weight excluding hydrogens is 410 g/mol. The van der Waals surface area contributed by atoms with E-state index in [0.29, 0.717) is 37.4 Å². The van der Waals surface area contributed by atoms with E-state index in [-0.39, 0.29) is 17.4 Å². The van der Waals surface area contributed by atoms with Gasteiger partial charge < -0.3 is 10.2 Å². The Morgan fingerprint density at radius 1 is 1.06 bits per heavy atom. The second kappa shape index (κ2) is 9.59. The molecule has 1 saturated heterocycles. The molecule has 1 N–H and O–H groups in total. The Labute approximate surface area is 188 Å². The highest BCUT2D eigenvalue weighted by Gasteiger charge is 2.37.